The number of nitrogens with zero attached hydrogens (tertiary/aromatic N) is 1. The van der Waals surface area contributed by atoms with Crippen LogP contribution in [0.5, 0.6) is 0 Å². The SMILES string of the molecule is CC1(CI)CCC(c2ccncc2)O1. The van der Waals surface area contributed by atoms with Gasteiger partial charge in [0.25, 0.3) is 0 Å². The lowest BCUT2D eigenvalue weighted by atomic mass is 10.0. The lowest BCUT2D eigenvalue weighted by Crippen LogP contribution is -2.24. The van der Waals surface area contributed by atoms with E-state index < -0.39 is 0 Å². The lowest BCUT2D eigenvalue weighted by Gasteiger charge is -2.22. The van der Waals surface area contributed by atoms with Crippen molar-refractivity contribution in [2.45, 2.75) is 31.5 Å². The van der Waals surface area contributed by atoms with Gasteiger partial charge in [0.2, 0.25) is 0 Å². The van der Waals surface area contributed by atoms with Crippen molar-refractivity contribution in [3.8, 4) is 0 Å². The quantitative estimate of drug-likeness (QED) is 0.618. The minimum Gasteiger partial charge on any atom is -0.367 e. The molecule has 0 aromatic carbocycles. The molecule has 2 atom stereocenters. The fourth-order valence-electron chi connectivity index (χ4n) is 1.81. The summed E-state index contributed by atoms with van der Waals surface area (Å²) in [5, 5.41) is 0. The number of pyridine rings is 1. The molecule has 1 aliphatic heterocycles. The maximum atomic E-state index is 6.05. The van der Waals surface area contributed by atoms with E-state index in [1.165, 1.54) is 5.56 Å². The fourth-order valence-corrected chi connectivity index (χ4v) is 2.37. The third-order valence-electron chi connectivity index (χ3n) is 2.72. The normalized spacial score (nSPS) is 32.0. The summed E-state index contributed by atoms with van der Waals surface area (Å²) in [6.07, 6.45) is 6.22. The van der Waals surface area contributed by atoms with Crippen LogP contribution in [0.15, 0.2) is 24.5 Å². The van der Waals surface area contributed by atoms with Gasteiger partial charge in [-0.3, -0.25) is 4.98 Å². The Labute approximate surface area is 98.2 Å². The van der Waals surface area contributed by atoms with Crippen LogP contribution in [-0.2, 0) is 4.74 Å². The number of alkyl halides is 1. The van der Waals surface area contributed by atoms with Gasteiger partial charge in [-0.05, 0) is 37.5 Å². The molecule has 2 nitrogen and oxygen atoms in total. The molecule has 76 valence electrons. The largest absolute Gasteiger partial charge is 0.367 e. The summed E-state index contributed by atoms with van der Waals surface area (Å²) in [7, 11) is 0. The monoisotopic (exact) mass is 303 g/mol. The van der Waals surface area contributed by atoms with E-state index >= 15 is 0 Å². The topological polar surface area (TPSA) is 22.1 Å². The van der Waals surface area contributed by atoms with Gasteiger partial charge in [0.15, 0.2) is 0 Å². The highest BCUT2D eigenvalue weighted by molar-refractivity contribution is 14.1. The van der Waals surface area contributed by atoms with Gasteiger partial charge in [0.05, 0.1) is 11.7 Å². The molecule has 1 aromatic rings. The van der Waals surface area contributed by atoms with Gasteiger partial charge in [-0.2, -0.15) is 0 Å². The van der Waals surface area contributed by atoms with E-state index in [9.17, 15) is 0 Å². The molecule has 2 unspecified atom stereocenters. The molecule has 3 heteroatoms. The summed E-state index contributed by atoms with van der Waals surface area (Å²) in [5.74, 6) is 0. The predicted octanol–water partition coefficient (Wildman–Crippen LogP) is 3.13. The van der Waals surface area contributed by atoms with Crippen LogP contribution in [0.3, 0.4) is 0 Å². The van der Waals surface area contributed by atoms with Gasteiger partial charge >= 0.3 is 0 Å². The minimum atomic E-state index is 0.0779. The first-order valence-corrected chi connectivity index (χ1v) is 6.40. The predicted molar refractivity (Wildman–Crippen MR) is 64.6 cm³/mol. The molecule has 0 radical (unpaired) electrons. The van der Waals surface area contributed by atoms with Gasteiger partial charge in [-0.25, -0.2) is 0 Å². The maximum absolute atomic E-state index is 6.05. The lowest BCUT2D eigenvalue weighted by molar-refractivity contribution is -0.0110. The van der Waals surface area contributed by atoms with Crippen molar-refractivity contribution in [1.29, 1.82) is 0 Å². The molecule has 0 bridgehead atoms. The Hall–Kier alpha value is -0.160. The van der Waals surface area contributed by atoms with E-state index in [4.69, 9.17) is 4.74 Å². The van der Waals surface area contributed by atoms with Crippen molar-refractivity contribution in [3.05, 3.63) is 30.1 Å². The average molecular weight is 303 g/mol. The summed E-state index contributed by atoms with van der Waals surface area (Å²) in [4.78, 5) is 4.02. The van der Waals surface area contributed by atoms with Crippen molar-refractivity contribution in [3.63, 3.8) is 0 Å². The van der Waals surface area contributed by atoms with E-state index in [0.717, 1.165) is 17.3 Å². The summed E-state index contributed by atoms with van der Waals surface area (Å²) >= 11 is 2.40. The van der Waals surface area contributed by atoms with Gasteiger partial charge in [0, 0.05) is 16.8 Å². The van der Waals surface area contributed by atoms with Crippen molar-refractivity contribution in [2.24, 2.45) is 0 Å². The van der Waals surface area contributed by atoms with Crippen LogP contribution >= 0.6 is 22.6 Å². The van der Waals surface area contributed by atoms with Crippen molar-refractivity contribution < 1.29 is 4.74 Å². The molecule has 1 saturated heterocycles. The molecule has 0 aliphatic carbocycles. The van der Waals surface area contributed by atoms with Gasteiger partial charge in [0.1, 0.15) is 0 Å². The van der Waals surface area contributed by atoms with Crippen molar-refractivity contribution >= 4 is 22.6 Å². The number of ether oxygens (including phenoxy) is 1. The van der Waals surface area contributed by atoms with E-state index in [1.54, 1.807) is 0 Å². The van der Waals surface area contributed by atoms with Gasteiger partial charge in [-0.1, -0.05) is 22.6 Å². The van der Waals surface area contributed by atoms with Crippen LogP contribution < -0.4 is 0 Å². The Kier molecular flexibility index (Phi) is 3.07. The van der Waals surface area contributed by atoms with Crippen LogP contribution in [0.25, 0.3) is 0 Å². The Morgan fingerprint density at radius 1 is 1.57 bits per heavy atom. The van der Waals surface area contributed by atoms with Crippen LogP contribution in [0, 0.1) is 0 Å². The first-order chi connectivity index (χ1) is 6.73. The highest BCUT2D eigenvalue weighted by Crippen LogP contribution is 2.39. The molecule has 1 aromatic heterocycles. The van der Waals surface area contributed by atoms with Crippen molar-refractivity contribution in [1.82, 2.24) is 4.98 Å². The van der Waals surface area contributed by atoms with Crippen LogP contribution in [0.4, 0.5) is 0 Å². The standard InChI is InChI=1S/C11H14INO/c1-11(8-12)5-2-10(14-11)9-3-6-13-7-4-9/h3-4,6-7,10H,2,5,8H2,1H3. The van der Waals surface area contributed by atoms with Crippen LogP contribution in [0.2, 0.25) is 0 Å². The Morgan fingerprint density at radius 2 is 2.29 bits per heavy atom. The number of hydrogen-bond donors (Lipinski definition) is 0. The average Bonchev–Trinajstić information content (AvgIpc) is 2.63. The Bertz CT molecular complexity index is 303. The van der Waals surface area contributed by atoms with Crippen LogP contribution in [0.1, 0.15) is 31.4 Å². The minimum absolute atomic E-state index is 0.0779. The molecule has 0 amide bonds. The van der Waals surface area contributed by atoms with Crippen LogP contribution in [-0.4, -0.2) is 15.0 Å². The maximum Gasteiger partial charge on any atom is 0.0834 e. The van der Waals surface area contributed by atoms with E-state index in [1.807, 2.05) is 24.5 Å². The smallest absolute Gasteiger partial charge is 0.0834 e. The third kappa shape index (κ3) is 2.08. The zero-order chi connectivity index (χ0) is 10.0. The highest BCUT2D eigenvalue weighted by Gasteiger charge is 2.35. The Morgan fingerprint density at radius 3 is 2.86 bits per heavy atom. The molecule has 14 heavy (non-hydrogen) atoms. The highest BCUT2D eigenvalue weighted by atomic mass is 127. The summed E-state index contributed by atoms with van der Waals surface area (Å²) < 4.78 is 7.11. The second-order valence-corrected chi connectivity index (χ2v) is 4.77. The summed E-state index contributed by atoms with van der Waals surface area (Å²) in [5.41, 5.74) is 1.34. The number of rotatable bonds is 2. The molecule has 0 N–H and O–H groups in total. The molecule has 0 saturated carbocycles. The van der Waals surface area contributed by atoms with E-state index in [0.29, 0.717) is 0 Å². The van der Waals surface area contributed by atoms with E-state index in [2.05, 4.69) is 34.5 Å². The molecular formula is C11H14INO. The first-order valence-electron chi connectivity index (χ1n) is 4.87. The molecule has 1 aliphatic rings. The fraction of sp³-hybridized carbons (Fsp3) is 0.545. The summed E-state index contributed by atoms with van der Waals surface area (Å²) in [6, 6.07) is 4.09. The van der Waals surface area contributed by atoms with Gasteiger partial charge in [-0.15, -0.1) is 0 Å². The molecule has 2 rings (SSSR count). The van der Waals surface area contributed by atoms with Crippen molar-refractivity contribution in [2.75, 3.05) is 4.43 Å². The summed E-state index contributed by atoms with van der Waals surface area (Å²) in [6.45, 7) is 2.20. The molecule has 0 spiro atoms. The third-order valence-corrected chi connectivity index (χ3v) is 4.34. The number of aromatic nitrogens is 1. The zero-order valence-corrected chi connectivity index (χ0v) is 10.4. The Balaban J connectivity index is 2.10. The zero-order valence-electron chi connectivity index (χ0n) is 8.24. The second kappa shape index (κ2) is 4.14. The second-order valence-electron chi connectivity index (χ2n) is 4.01. The number of hydrogen-bond acceptors (Lipinski definition) is 2. The molecule has 2 heterocycles. The molecule has 1 fully saturated rings. The van der Waals surface area contributed by atoms with Gasteiger partial charge < -0.3 is 4.74 Å². The van der Waals surface area contributed by atoms with E-state index in [-0.39, 0.29) is 11.7 Å². The molecular weight excluding hydrogens is 289 g/mol. The first kappa shape index (κ1) is 10.4. The number of halogens is 1.